The average Bonchev–Trinajstić information content (AvgIpc) is 3.23. The van der Waals surface area contributed by atoms with Crippen LogP contribution >= 0.6 is 31.9 Å². The molecule has 5 nitrogen and oxygen atoms in total. The van der Waals surface area contributed by atoms with E-state index in [-0.39, 0.29) is 0 Å². The third-order valence-corrected chi connectivity index (χ3v) is 9.09. The fourth-order valence-corrected chi connectivity index (χ4v) is 5.93. The molecule has 1 aliphatic heterocycles. The van der Waals surface area contributed by atoms with Crippen molar-refractivity contribution < 1.29 is 4.74 Å². The zero-order valence-corrected chi connectivity index (χ0v) is 26.0. The van der Waals surface area contributed by atoms with Gasteiger partial charge in [0.1, 0.15) is 12.4 Å². The van der Waals surface area contributed by atoms with Crippen LogP contribution in [0.5, 0.6) is 0 Å². The Labute approximate surface area is 233 Å². The Morgan fingerprint density at radius 3 is 2.69 bits per heavy atom. The number of benzene rings is 1. The molecule has 2 atom stereocenters. The summed E-state index contributed by atoms with van der Waals surface area (Å²) in [4.78, 5) is 7.39. The third kappa shape index (κ3) is 7.54. The Kier molecular flexibility index (Phi) is 9.49. The lowest BCUT2D eigenvalue weighted by Gasteiger charge is -2.38. The zero-order chi connectivity index (χ0) is 25.7. The minimum absolute atomic E-state index is 0.352. The van der Waals surface area contributed by atoms with Gasteiger partial charge in [0.25, 0.3) is 0 Å². The Hall–Kier alpha value is -1.45. The summed E-state index contributed by atoms with van der Waals surface area (Å²) in [6.07, 6.45) is 7.31. The van der Waals surface area contributed by atoms with Crippen molar-refractivity contribution in [1.29, 1.82) is 0 Å². The summed E-state index contributed by atoms with van der Waals surface area (Å²) >= 11 is 7.10. The number of piperidine rings is 1. The number of halogens is 2. The molecule has 0 saturated carbocycles. The highest BCUT2D eigenvalue weighted by molar-refractivity contribution is 9.28. The molecule has 0 radical (unpaired) electrons. The Bertz CT molecular complexity index is 1170. The van der Waals surface area contributed by atoms with E-state index in [4.69, 9.17) is 9.72 Å². The van der Waals surface area contributed by atoms with Crippen molar-refractivity contribution in [2.75, 3.05) is 25.0 Å². The van der Waals surface area contributed by atoms with Gasteiger partial charge in [-0.25, -0.2) is 4.98 Å². The summed E-state index contributed by atoms with van der Waals surface area (Å²) in [6.45, 7) is 14.0. The average molecular weight is 635 g/mol. The zero-order valence-electron chi connectivity index (χ0n) is 21.8. The van der Waals surface area contributed by atoms with Gasteiger partial charge < -0.3 is 14.6 Å². The largest absolute Gasteiger partial charge is 0.380 e. The molecular weight excluding hydrogens is 596 g/mol. The van der Waals surface area contributed by atoms with Gasteiger partial charge in [0, 0.05) is 57.2 Å². The van der Waals surface area contributed by atoms with Gasteiger partial charge in [-0.2, -0.15) is 0 Å². The molecule has 4 rings (SSSR count). The first-order valence-electron chi connectivity index (χ1n) is 12.8. The molecule has 1 aromatic carbocycles. The van der Waals surface area contributed by atoms with Crippen molar-refractivity contribution in [3.63, 3.8) is 0 Å². The number of aromatic nitrogens is 2. The molecule has 0 spiro atoms. The van der Waals surface area contributed by atoms with Gasteiger partial charge >= 0.3 is 0 Å². The van der Waals surface area contributed by atoms with E-state index in [1.54, 1.807) is 0 Å². The molecule has 0 aliphatic carbocycles. The number of anilines is 1. The molecule has 8 heteroatoms. The number of likely N-dealkylation sites (tertiary alicyclic amines) is 1. The van der Waals surface area contributed by atoms with Crippen LogP contribution in [0, 0.1) is 5.92 Å². The van der Waals surface area contributed by atoms with Crippen molar-refractivity contribution in [3.8, 4) is 0 Å². The second kappa shape index (κ2) is 12.4. The topological polar surface area (TPSA) is 42.3 Å². The molecule has 194 valence electrons. The van der Waals surface area contributed by atoms with E-state index in [0.717, 1.165) is 51.9 Å². The maximum Gasteiger partial charge on any atom is 0.143 e. The Balaban J connectivity index is 1.55. The fraction of sp³-hybridized carbons (Fsp3) is 0.464. The lowest BCUT2D eigenvalue weighted by Crippen LogP contribution is -2.46. The summed E-state index contributed by atoms with van der Waals surface area (Å²) in [5, 5.41) is 5.08. The predicted octanol–water partition coefficient (Wildman–Crippen LogP) is 7.76. The van der Waals surface area contributed by atoms with Gasteiger partial charge in [0.2, 0.25) is 0 Å². The molecule has 1 saturated heterocycles. The summed E-state index contributed by atoms with van der Waals surface area (Å²) < 4.78 is 9.06. The van der Waals surface area contributed by atoms with Crippen LogP contribution in [0.3, 0.4) is 0 Å². The summed E-state index contributed by atoms with van der Waals surface area (Å²) in [6, 6.07) is 14.5. The molecule has 0 amide bonds. The van der Waals surface area contributed by atoms with E-state index in [0.29, 0.717) is 18.7 Å². The number of hydrogen-bond acceptors (Lipinski definition) is 4. The van der Waals surface area contributed by atoms with E-state index in [9.17, 15) is 0 Å². The fourth-order valence-electron chi connectivity index (χ4n) is 4.68. The standard InChI is InChI=1S/C28H38Br2N4OSi/c1-21-10-12-33(18-22-8-6-5-7-9-22)19-25(21)32-27-23(16-26(29)30)17-31-28-24(27)11-13-34(28)20-35-14-15-36(2,3)4/h5-9,11,13,16-17,21,25H,10,12,14-15,18-20H2,1-4H3,(H,31,32)/t21-,25+/m1/s1. The molecule has 3 heterocycles. The van der Waals surface area contributed by atoms with Crippen LogP contribution in [-0.2, 0) is 18.0 Å². The number of pyridine rings is 1. The van der Waals surface area contributed by atoms with Gasteiger partial charge in [-0.15, -0.1) is 0 Å². The van der Waals surface area contributed by atoms with Crippen LogP contribution in [-0.4, -0.2) is 48.3 Å². The third-order valence-electron chi connectivity index (χ3n) is 6.93. The molecule has 1 N–H and O–H groups in total. The SMILES string of the molecule is C[C@@H]1CCN(Cc2ccccc2)C[C@@H]1Nc1c(C=C(Br)Br)cnc2c1ccn2COCC[Si](C)(C)C. The summed E-state index contributed by atoms with van der Waals surface area (Å²) in [7, 11) is -1.11. The smallest absolute Gasteiger partial charge is 0.143 e. The van der Waals surface area contributed by atoms with E-state index >= 15 is 0 Å². The number of nitrogens with one attached hydrogen (secondary N) is 1. The van der Waals surface area contributed by atoms with Gasteiger partial charge in [-0.05, 0) is 74.5 Å². The number of ether oxygens (including phenoxy) is 1. The first kappa shape index (κ1) is 27.6. The molecule has 1 aliphatic rings. The number of nitrogens with zero attached hydrogens (tertiary/aromatic N) is 3. The summed E-state index contributed by atoms with van der Waals surface area (Å²) in [5.41, 5.74) is 4.53. The monoisotopic (exact) mass is 632 g/mol. The maximum atomic E-state index is 6.04. The van der Waals surface area contributed by atoms with Crippen molar-refractivity contribution in [2.45, 2.75) is 58.3 Å². The number of fused-ring (bicyclic) bond motifs is 1. The predicted molar refractivity (Wildman–Crippen MR) is 163 cm³/mol. The van der Waals surface area contributed by atoms with E-state index in [1.165, 1.54) is 18.0 Å². The number of hydrogen-bond donors (Lipinski definition) is 1. The van der Waals surface area contributed by atoms with E-state index < -0.39 is 8.07 Å². The normalized spacial score (nSPS) is 18.9. The van der Waals surface area contributed by atoms with Gasteiger partial charge in [-0.1, -0.05) is 56.9 Å². The van der Waals surface area contributed by atoms with Crippen LogP contribution in [0.15, 0.2) is 52.2 Å². The first-order chi connectivity index (χ1) is 17.2. The number of rotatable bonds is 10. The molecular formula is C28H38Br2N4OSi. The van der Waals surface area contributed by atoms with Crippen LogP contribution < -0.4 is 5.32 Å². The molecule has 0 unspecified atom stereocenters. The van der Waals surface area contributed by atoms with Crippen molar-refractivity contribution in [3.05, 3.63) is 63.3 Å². The Morgan fingerprint density at radius 1 is 1.19 bits per heavy atom. The Morgan fingerprint density at radius 2 is 1.97 bits per heavy atom. The quantitative estimate of drug-likeness (QED) is 0.183. The van der Waals surface area contributed by atoms with Crippen LogP contribution in [0.4, 0.5) is 5.69 Å². The van der Waals surface area contributed by atoms with Crippen LogP contribution in [0.25, 0.3) is 17.1 Å². The second-order valence-electron chi connectivity index (χ2n) is 11.1. The van der Waals surface area contributed by atoms with Crippen LogP contribution in [0.2, 0.25) is 25.7 Å². The lowest BCUT2D eigenvalue weighted by atomic mass is 9.92. The van der Waals surface area contributed by atoms with Gasteiger partial charge in [-0.3, -0.25) is 4.90 Å². The molecule has 36 heavy (non-hydrogen) atoms. The second-order valence-corrected chi connectivity index (χ2v) is 19.5. The van der Waals surface area contributed by atoms with Crippen LogP contribution in [0.1, 0.15) is 24.5 Å². The highest BCUT2D eigenvalue weighted by atomic mass is 79.9. The molecule has 3 aromatic rings. The molecule has 0 bridgehead atoms. The summed E-state index contributed by atoms with van der Waals surface area (Å²) in [5.74, 6) is 0.580. The van der Waals surface area contributed by atoms with Gasteiger partial charge in [0.15, 0.2) is 0 Å². The molecule has 1 fully saturated rings. The van der Waals surface area contributed by atoms with Crippen molar-refractivity contribution in [1.82, 2.24) is 14.5 Å². The maximum absolute atomic E-state index is 6.04. The highest BCUT2D eigenvalue weighted by Gasteiger charge is 2.27. The van der Waals surface area contributed by atoms with Gasteiger partial charge in [0.05, 0.1) is 9.08 Å². The first-order valence-corrected chi connectivity index (χ1v) is 18.1. The van der Waals surface area contributed by atoms with Crippen molar-refractivity contribution >= 4 is 62.7 Å². The van der Waals surface area contributed by atoms with E-state index in [1.807, 2.05) is 6.20 Å². The minimum atomic E-state index is -1.11. The minimum Gasteiger partial charge on any atom is -0.380 e. The highest BCUT2D eigenvalue weighted by Crippen LogP contribution is 2.33. The molecule has 2 aromatic heterocycles. The van der Waals surface area contributed by atoms with Crippen molar-refractivity contribution in [2.24, 2.45) is 5.92 Å². The lowest BCUT2D eigenvalue weighted by molar-refractivity contribution is 0.0899. The van der Waals surface area contributed by atoms with E-state index in [2.05, 4.69) is 122 Å².